The number of sulfonamides is 1. The van der Waals surface area contributed by atoms with Gasteiger partial charge in [-0.25, -0.2) is 18.5 Å². The molecule has 0 bridgehead atoms. The van der Waals surface area contributed by atoms with E-state index in [0.717, 1.165) is 30.4 Å². The first-order valence-electron chi connectivity index (χ1n) is 9.26. The fourth-order valence-corrected chi connectivity index (χ4v) is 4.39. The van der Waals surface area contributed by atoms with Crippen LogP contribution in [0.4, 0.5) is 5.82 Å². The molecule has 0 saturated heterocycles. The molecule has 1 unspecified atom stereocenters. The van der Waals surface area contributed by atoms with Crippen LogP contribution in [0.5, 0.6) is 0 Å². The zero-order chi connectivity index (χ0) is 20.6. The van der Waals surface area contributed by atoms with Crippen molar-refractivity contribution in [2.75, 3.05) is 11.5 Å². The third-order valence-electron chi connectivity index (χ3n) is 5.48. The average Bonchev–Trinajstić information content (AvgIpc) is 3.12. The Morgan fingerprint density at radius 2 is 2.11 bits per heavy atom. The third kappa shape index (κ3) is 4.02. The van der Waals surface area contributed by atoms with E-state index in [4.69, 9.17) is 22.0 Å². The fourth-order valence-electron chi connectivity index (χ4n) is 3.96. The molecule has 1 aromatic heterocycles. The van der Waals surface area contributed by atoms with Gasteiger partial charge in [0.2, 0.25) is 10.0 Å². The number of primary sulfonamides is 1. The van der Waals surface area contributed by atoms with Gasteiger partial charge in [0.1, 0.15) is 23.2 Å². The van der Waals surface area contributed by atoms with Crippen LogP contribution in [-0.4, -0.2) is 35.3 Å². The summed E-state index contributed by atoms with van der Waals surface area (Å²) in [5.41, 5.74) is 14.9. The number of nitrogens with two attached hydrogens (primary N) is 3. The molecule has 0 radical (unpaired) electrons. The Morgan fingerprint density at radius 1 is 1.39 bits per heavy atom. The molecule has 0 aliphatic heterocycles. The second-order valence-corrected chi connectivity index (χ2v) is 9.07. The lowest BCUT2D eigenvalue weighted by molar-refractivity contribution is -0.114. The summed E-state index contributed by atoms with van der Waals surface area (Å²) in [7, 11) is -3.69. The summed E-state index contributed by atoms with van der Waals surface area (Å²) < 4.78 is 24.3. The van der Waals surface area contributed by atoms with Crippen LogP contribution >= 0.6 is 0 Å². The van der Waals surface area contributed by atoms with Gasteiger partial charge in [-0.3, -0.25) is 10.2 Å². The minimum atomic E-state index is -3.69. The Morgan fingerprint density at radius 3 is 2.71 bits per heavy atom. The van der Waals surface area contributed by atoms with Gasteiger partial charge >= 0.3 is 0 Å². The lowest BCUT2D eigenvalue weighted by Crippen LogP contribution is -2.23. The normalized spacial score (nSPS) is 19.7. The minimum Gasteiger partial charge on any atom is -0.383 e. The molecular formula is C18H26N6O3S. The van der Waals surface area contributed by atoms with E-state index in [2.05, 4.69) is 11.9 Å². The Bertz CT molecular complexity index is 1000. The first-order chi connectivity index (χ1) is 13.1. The Kier molecular flexibility index (Phi) is 5.44. The van der Waals surface area contributed by atoms with E-state index in [0.29, 0.717) is 18.7 Å². The maximum atomic E-state index is 12.2. The van der Waals surface area contributed by atoms with Crippen molar-refractivity contribution >= 4 is 27.5 Å². The number of nitrogens with zero attached hydrogens (tertiary/aromatic N) is 2. The fraction of sp³-hybridized carbons (Fsp3) is 0.500. The molecule has 7 N–H and O–H groups in total. The smallest absolute Gasteiger partial charge is 0.210 e. The second kappa shape index (κ2) is 7.51. The van der Waals surface area contributed by atoms with E-state index >= 15 is 0 Å². The van der Waals surface area contributed by atoms with Gasteiger partial charge in [-0.1, -0.05) is 24.1 Å². The molecule has 9 nitrogen and oxygen atoms in total. The molecule has 2 aliphatic carbocycles. The standard InChI is InChI=1S/C18H26N6O3S/c1-2-10-7-11-3-4-14(25)13(11)8-12(10)9-15-23-16(17(19)20)18(21)24(15)5-6-28(22,26)27/h8,10H,2-7,9,21H2,1H3,(H3,19,20)(H2,22,26,27). The number of imidazole rings is 1. The van der Waals surface area contributed by atoms with Crippen molar-refractivity contribution in [2.45, 2.75) is 45.6 Å². The van der Waals surface area contributed by atoms with Gasteiger partial charge in [-0.2, -0.15) is 0 Å². The largest absolute Gasteiger partial charge is 0.383 e. The molecule has 1 heterocycles. The van der Waals surface area contributed by atoms with Crippen molar-refractivity contribution in [3.8, 4) is 0 Å². The average molecular weight is 407 g/mol. The highest BCUT2D eigenvalue weighted by Gasteiger charge is 2.30. The van der Waals surface area contributed by atoms with E-state index in [1.807, 2.05) is 6.08 Å². The monoisotopic (exact) mass is 406 g/mol. The van der Waals surface area contributed by atoms with Crippen LogP contribution in [0.15, 0.2) is 22.8 Å². The van der Waals surface area contributed by atoms with E-state index in [1.165, 1.54) is 5.57 Å². The molecule has 28 heavy (non-hydrogen) atoms. The maximum absolute atomic E-state index is 12.2. The summed E-state index contributed by atoms with van der Waals surface area (Å²) in [5, 5.41) is 12.8. The van der Waals surface area contributed by atoms with Gasteiger partial charge in [0, 0.05) is 25.0 Å². The predicted molar refractivity (Wildman–Crippen MR) is 107 cm³/mol. The van der Waals surface area contributed by atoms with Crippen molar-refractivity contribution in [1.82, 2.24) is 9.55 Å². The van der Waals surface area contributed by atoms with Crippen LogP contribution in [0.1, 0.15) is 44.1 Å². The summed E-state index contributed by atoms with van der Waals surface area (Å²) in [6.07, 6.45) is 5.55. The Hall–Kier alpha value is -2.46. The highest BCUT2D eigenvalue weighted by atomic mass is 32.2. The molecule has 3 rings (SSSR count). The SMILES string of the molecule is CCC1CC2=C(C=C1Cc1nc(C(=N)N)c(N)n1CCS(N)(=O)=O)C(=O)CC2. The molecule has 0 fully saturated rings. The van der Waals surface area contributed by atoms with Crippen molar-refractivity contribution in [3.63, 3.8) is 0 Å². The number of nitrogens with one attached hydrogen (secondary N) is 1. The zero-order valence-corrected chi connectivity index (χ0v) is 16.7. The Balaban J connectivity index is 1.98. The number of Topliss-reactive ketones (excluding diaryl/α,β-unsaturated/α-hetero) is 1. The molecular weight excluding hydrogens is 380 g/mol. The molecule has 0 saturated carbocycles. The number of anilines is 1. The first-order valence-corrected chi connectivity index (χ1v) is 11.0. The predicted octanol–water partition coefficient (Wildman–Crippen LogP) is 0.596. The van der Waals surface area contributed by atoms with E-state index in [1.54, 1.807) is 4.57 Å². The topological polar surface area (TPSA) is 171 Å². The van der Waals surface area contributed by atoms with Gasteiger partial charge in [0.15, 0.2) is 5.78 Å². The molecule has 2 aliphatic rings. The number of rotatable bonds is 7. The van der Waals surface area contributed by atoms with Gasteiger partial charge in [-0.15, -0.1) is 0 Å². The minimum absolute atomic E-state index is 0.0250. The number of nitrogen functional groups attached to an aromatic ring is 2. The number of ketones is 1. The van der Waals surface area contributed by atoms with Crippen molar-refractivity contribution in [1.29, 1.82) is 5.41 Å². The maximum Gasteiger partial charge on any atom is 0.210 e. The third-order valence-corrected chi connectivity index (χ3v) is 6.23. The summed E-state index contributed by atoms with van der Waals surface area (Å²) in [6.45, 7) is 2.13. The van der Waals surface area contributed by atoms with Gasteiger partial charge in [0.05, 0.1) is 5.75 Å². The lowest BCUT2D eigenvalue weighted by Gasteiger charge is -2.24. The number of hydrogen-bond acceptors (Lipinski definition) is 6. The lowest BCUT2D eigenvalue weighted by atomic mass is 9.81. The first kappa shape index (κ1) is 20.3. The number of carbonyl (C=O) groups is 1. The van der Waals surface area contributed by atoms with Gasteiger partial charge < -0.3 is 16.0 Å². The number of allylic oxidation sites excluding steroid dienone is 4. The van der Waals surface area contributed by atoms with Gasteiger partial charge in [0.25, 0.3) is 0 Å². The summed E-state index contributed by atoms with van der Waals surface area (Å²) in [6, 6.07) is 0. The molecule has 1 atom stereocenters. The summed E-state index contributed by atoms with van der Waals surface area (Å²) >= 11 is 0. The van der Waals surface area contributed by atoms with Gasteiger partial charge in [-0.05, 0) is 25.2 Å². The second-order valence-electron chi connectivity index (χ2n) is 7.34. The molecule has 1 aromatic rings. The highest BCUT2D eigenvalue weighted by Crippen LogP contribution is 2.39. The zero-order valence-electron chi connectivity index (χ0n) is 15.9. The number of carbonyl (C=O) groups excluding carboxylic acids is 1. The molecule has 0 spiro atoms. The highest BCUT2D eigenvalue weighted by molar-refractivity contribution is 7.89. The van der Waals surface area contributed by atoms with Crippen molar-refractivity contribution in [3.05, 3.63) is 34.3 Å². The molecule has 10 heteroatoms. The quantitative estimate of drug-likeness (QED) is 0.381. The van der Waals surface area contributed by atoms with E-state index in [-0.39, 0.29) is 41.3 Å². The summed E-state index contributed by atoms with van der Waals surface area (Å²) in [5.74, 6) is 0.535. The van der Waals surface area contributed by atoms with Crippen LogP contribution < -0.4 is 16.6 Å². The van der Waals surface area contributed by atoms with E-state index < -0.39 is 10.0 Å². The number of amidine groups is 1. The molecule has 0 amide bonds. The van der Waals surface area contributed by atoms with E-state index in [9.17, 15) is 13.2 Å². The van der Waals surface area contributed by atoms with Crippen molar-refractivity contribution < 1.29 is 13.2 Å². The van der Waals surface area contributed by atoms with Crippen LogP contribution in [0.3, 0.4) is 0 Å². The van der Waals surface area contributed by atoms with Crippen LogP contribution in [-0.2, 0) is 27.8 Å². The molecule has 0 aromatic carbocycles. The van der Waals surface area contributed by atoms with Crippen LogP contribution in [0.2, 0.25) is 0 Å². The number of hydrogen-bond donors (Lipinski definition) is 4. The summed E-state index contributed by atoms with van der Waals surface area (Å²) in [4.78, 5) is 16.5. The number of aromatic nitrogens is 2. The van der Waals surface area contributed by atoms with Crippen LogP contribution in [0.25, 0.3) is 0 Å². The molecule has 152 valence electrons. The van der Waals surface area contributed by atoms with Crippen molar-refractivity contribution in [2.24, 2.45) is 16.8 Å². The Labute approximate surface area is 164 Å². The van der Waals surface area contributed by atoms with Crippen LogP contribution in [0, 0.1) is 11.3 Å².